The highest BCUT2D eigenvalue weighted by atomic mass is 32.2. The first-order chi connectivity index (χ1) is 9.09. The smallest absolute Gasteiger partial charge is 0.238 e. The van der Waals surface area contributed by atoms with E-state index < -0.39 is 20.0 Å². The second-order valence-corrected chi connectivity index (χ2v) is 7.64. The third-order valence-corrected chi connectivity index (χ3v) is 4.03. The highest BCUT2D eigenvalue weighted by Crippen LogP contribution is 2.21. The van der Waals surface area contributed by atoms with Crippen LogP contribution in [0.1, 0.15) is 6.42 Å². The van der Waals surface area contributed by atoms with E-state index in [4.69, 9.17) is 10.9 Å². The Morgan fingerprint density at radius 1 is 1.15 bits per heavy atom. The van der Waals surface area contributed by atoms with Crippen molar-refractivity contribution in [2.24, 2.45) is 5.14 Å². The molecule has 0 heterocycles. The predicted molar refractivity (Wildman–Crippen MR) is 78.2 cm³/mol. The number of anilines is 2. The summed E-state index contributed by atoms with van der Waals surface area (Å²) in [5.41, 5.74) is 6.53. The lowest BCUT2D eigenvalue weighted by Gasteiger charge is -2.10. The number of sulfonamides is 2. The fraction of sp³-hybridized carbons (Fsp3) is 0.400. The zero-order valence-corrected chi connectivity index (χ0v) is 12.6. The molecule has 1 rings (SSSR count). The molecule has 0 saturated carbocycles. The zero-order valence-electron chi connectivity index (χ0n) is 11.0. The maximum atomic E-state index is 11.2. The molecule has 20 heavy (non-hydrogen) atoms. The van der Waals surface area contributed by atoms with Gasteiger partial charge in [0.05, 0.1) is 22.5 Å². The van der Waals surface area contributed by atoms with Gasteiger partial charge >= 0.3 is 0 Å². The van der Waals surface area contributed by atoms with Gasteiger partial charge in [-0.1, -0.05) is 0 Å². The highest BCUT2D eigenvalue weighted by Gasteiger charge is 2.10. The van der Waals surface area contributed by atoms with Crippen LogP contribution in [0.4, 0.5) is 11.4 Å². The van der Waals surface area contributed by atoms with Gasteiger partial charge in [-0.2, -0.15) is 0 Å². The van der Waals surface area contributed by atoms with Gasteiger partial charge < -0.3 is 11.1 Å². The summed E-state index contributed by atoms with van der Waals surface area (Å²) in [5.74, 6) is 0. The zero-order chi connectivity index (χ0) is 15.4. The van der Waals surface area contributed by atoms with Crippen LogP contribution in [0.25, 0.3) is 0 Å². The van der Waals surface area contributed by atoms with Crippen LogP contribution in [0.15, 0.2) is 23.1 Å². The van der Waals surface area contributed by atoms with Crippen molar-refractivity contribution >= 4 is 31.4 Å². The van der Waals surface area contributed by atoms with Gasteiger partial charge in [0.15, 0.2) is 0 Å². The van der Waals surface area contributed by atoms with Crippen LogP contribution in [0.5, 0.6) is 0 Å². The summed E-state index contributed by atoms with van der Waals surface area (Å²) >= 11 is 0. The Morgan fingerprint density at radius 3 is 2.35 bits per heavy atom. The van der Waals surface area contributed by atoms with E-state index in [2.05, 4.69) is 10.0 Å². The second kappa shape index (κ2) is 6.39. The van der Waals surface area contributed by atoms with Crippen molar-refractivity contribution in [2.75, 3.05) is 30.4 Å². The standard InChI is InChI=1S/C10H18N4O4S2/c1-19(15,16)14-6-2-5-13-10-7-8(20(12,17)18)3-4-9(10)11/h3-4,7,13-14H,2,5-6,11H2,1H3,(H2,12,17,18). The Kier molecular flexibility index (Phi) is 5.34. The summed E-state index contributed by atoms with van der Waals surface area (Å²) in [6.45, 7) is 0.710. The fourth-order valence-corrected chi connectivity index (χ4v) is 2.49. The van der Waals surface area contributed by atoms with E-state index in [1.807, 2.05) is 0 Å². The topological polar surface area (TPSA) is 144 Å². The SMILES string of the molecule is CS(=O)(=O)NCCCNc1cc(S(N)(=O)=O)ccc1N. The van der Waals surface area contributed by atoms with E-state index in [9.17, 15) is 16.8 Å². The van der Waals surface area contributed by atoms with Gasteiger partial charge in [-0.25, -0.2) is 26.7 Å². The van der Waals surface area contributed by atoms with Crippen molar-refractivity contribution in [3.8, 4) is 0 Å². The van der Waals surface area contributed by atoms with Crippen molar-refractivity contribution in [3.63, 3.8) is 0 Å². The van der Waals surface area contributed by atoms with Crippen molar-refractivity contribution < 1.29 is 16.8 Å². The molecular formula is C10H18N4O4S2. The summed E-state index contributed by atoms with van der Waals surface area (Å²) in [5, 5.41) is 7.96. The Balaban J connectivity index is 2.60. The van der Waals surface area contributed by atoms with Gasteiger partial charge in [0.1, 0.15) is 0 Å². The molecule has 0 fully saturated rings. The molecule has 0 aliphatic carbocycles. The van der Waals surface area contributed by atoms with Gasteiger partial charge in [-0.3, -0.25) is 0 Å². The molecule has 0 bridgehead atoms. The largest absolute Gasteiger partial charge is 0.397 e. The third-order valence-electron chi connectivity index (χ3n) is 2.39. The number of benzene rings is 1. The molecule has 8 nitrogen and oxygen atoms in total. The second-order valence-electron chi connectivity index (χ2n) is 4.24. The molecular weight excluding hydrogens is 304 g/mol. The Labute approximate surface area is 118 Å². The lowest BCUT2D eigenvalue weighted by molar-refractivity contribution is 0.586. The van der Waals surface area contributed by atoms with Crippen LogP contribution < -0.4 is 20.9 Å². The molecule has 0 amide bonds. The van der Waals surface area contributed by atoms with Crippen LogP contribution in [-0.2, 0) is 20.0 Å². The average Bonchev–Trinajstić information content (AvgIpc) is 2.28. The van der Waals surface area contributed by atoms with E-state index in [-0.39, 0.29) is 11.4 Å². The number of rotatable bonds is 7. The van der Waals surface area contributed by atoms with Crippen molar-refractivity contribution in [1.29, 1.82) is 0 Å². The van der Waals surface area contributed by atoms with E-state index in [0.29, 0.717) is 24.3 Å². The van der Waals surface area contributed by atoms with Crippen LogP contribution in [-0.4, -0.2) is 36.2 Å². The number of hydrogen-bond acceptors (Lipinski definition) is 6. The predicted octanol–water partition coefficient (Wildman–Crippen LogP) is -0.733. The number of primary sulfonamides is 1. The molecule has 1 aromatic rings. The third kappa shape index (κ3) is 5.74. The molecule has 0 aromatic heterocycles. The van der Waals surface area contributed by atoms with Crippen LogP contribution in [0.2, 0.25) is 0 Å². The first-order valence-corrected chi connectivity index (χ1v) is 9.14. The summed E-state index contributed by atoms with van der Waals surface area (Å²) in [6.07, 6.45) is 1.60. The summed E-state index contributed by atoms with van der Waals surface area (Å²) in [4.78, 5) is -0.0385. The monoisotopic (exact) mass is 322 g/mol. The molecule has 6 N–H and O–H groups in total. The normalized spacial score (nSPS) is 12.3. The molecule has 0 saturated heterocycles. The number of nitrogen functional groups attached to an aromatic ring is 1. The Morgan fingerprint density at radius 2 is 1.80 bits per heavy atom. The Hall–Kier alpha value is -1.36. The van der Waals surface area contributed by atoms with Gasteiger partial charge in [0.2, 0.25) is 20.0 Å². The maximum Gasteiger partial charge on any atom is 0.238 e. The van der Waals surface area contributed by atoms with Crippen LogP contribution in [0, 0.1) is 0 Å². The number of nitrogens with one attached hydrogen (secondary N) is 2. The number of hydrogen-bond donors (Lipinski definition) is 4. The van der Waals surface area contributed by atoms with Crippen molar-refractivity contribution in [2.45, 2.75) is 11.3 Å². The highest BCUT2D eigenvalue weighted by molar-refractivity contribution is 7.89. The van der Waals surface area contributed by atoms with E-state index >= 15 is 0 Å². The fourth-order valence-electron chi connectivity index (χ4n) is 1.43. The van der Waals surface area contributed by atoms with Crippen molar-refractivity contribution in [1.82, 2.24) is 4.72 Å². The molecule has 10 heteroatoms. The molecule has 0 aliphatic rings. The van der Waals surface area contributed by atoms with Gasteiger partial charge in [-0.15, -0.1) is 0 Å². The summed E-state index contributed by atoms with van der Waals surface area (Å²) < 4.78 is 46.5. The average molecular weight is 322 g/mol. The van der Waals surface area contributed by atoms with E-state index in [1.54, 1.807) is 0 Å². The maximum absolute atomic E-state index is 11.2. The first kappa shape index (κ1) is 16.7. The minimum Gasteiger partial charge on any atom is -0.397 e. The molecule has 1 aromatic carbocycles. The summed E-state index contributed by atoms with van der Waals surface area (Å²) in [6, 6.07) is 4.10. The minimum atomic E-state index is -3.78. The quantitative estimate of drug-likeness (QED) is 0.384. The number of nitrogens with two attached hydrogens (primary N) is 2. The molecule has 0 atom stereocenters. The molecule has 0 unspecified atom stereocenters. The van der Waals surface area contributed by atoms with Crippen molar-refractivity contribution in [3.05, 3.63) is 18.2 Å². The van der Waals surface area contributed by atoms with Gasteiger partial charge in [-0.05, 0) is 24.6 Å². The molecule has 0 radical (unpaired) electrons. The summed E-state index contributed by atoms with van der Waals surface area (Å²) in [7, 11) is -6.99. The lowest BCUT2D eigenvalue weighted by atomic mass is 10.2. The van der Waals surface area contributed by atoms with E-state index in [1.165, 1.54) is 18.2 Å². The molecule has 0 aliphatic heterocycles. The molecule has 114 valence electrons. The Bertz CT molecular complexity index is 670. The van der Waals surface area contributed by atoms with Crippen LogP contribution >= 0.6 is 0 Å². The van der Waals surface area contributed by atoms with Gasteiger partial charge in [0.25, 0.3) is 0 Å². The van der Waals surface area contributed by atoms with Crippen LogP contribution in [0.3, 0.4) is 0 Å². The van der Waals surface area contributed by atoms with E-state index in [0.717, 1.165) is 6.26 Å². The lowest BCUT2D eigenvalue weighted by Crippen LogP contribution is -2.24. The first-order valence-electron chi connectivity index (χ1n) is 5.70. The molecule has 0 spiro atoms. The minimum absolute atomic E-state index is 0.0385. The van der Waals surface area contributed by atoms with Gasteiger partial charge in [0, 0.05) is 13.1 Å².